The zero-order valence-corrected chi connectivity index (χ0v) is 17.0. The van der Waals surface area contributed by atoms with Crippen LogP contribution in [-0.4, -0.2) is 56.4 Å². The number of carboxylic acid groups (broad SMARTS) is 4. The molecule has 2 aromatic carbocycles. The standard InChI is InChI=1S/C16H10O8.C6H14N2/c17-13(18)9-3-1-7(5-11(9)15(21)22)8-2-4-10(14(19)20)12(6-8)16(23)24;7-5-1-2-6(8)4-3-5/h1-6H,(H,17,18)(H,19,20)(H,21,22)(H,23,24);5-6H,1-4,7-8H2. The van der Waals surface area contributed by atoms with Gasteiger partial charge in [0.05, 0.1) is 22.3 Å². The molecular formula is C22H24N2O8. The number of rotatable bonds is 5. The van der Waals surface area contributed by atoms with Crippen LogP contribution >= 0.6 is 0 Å². The van der Waals surface area contributed by atoms with Crippen molar-refractivity contribution in [2.24, 2.45) is 11.5 Å². The van der Waals surface area contributed by atoms with Gasteiger partial charge in [-0.1, -0.05) is 12.1 Å². The maximum atomic E-state index is 11.2. The largest absolute Gasteiger partial charge is 0.478 e. The minimum absolute atomic E-state index is 0.247. The lowest BCUT2D eigenvalue weighted by molar-refractivity contribution is 0.0651. The first-order chi connectivity index (χ1) is 15.0. The number of hydrogen-bond donors (Lipinski definition) is 6. The first kappa shape index (κ1) is 24.5. The van der Waals surface area contributed by atoms with E-state index in [1.165, 1.54) is 12.1 Å². The Hall–Kier alpha value is -3.76. The number of carbonyl (C=O) groups is 4. The van der Waals surface area contributed by atoms with Crippen LogP contribution in [0.5, 0.6) is 0 Å². The summed E-state index contributed by atoms with van der Waals surface area (Å²) in [6.45, 7) is 0. The number of carboxylic acids is 4. The van der Waals surface area contributed by atoms with Gasteiger partial charge in [-0.15, -0.1) is 0 Å². The van der Waals surface area contributed by atoms with E-state index < -0.39 is 46.1 Å². The van der Waals surface area contributed by atoms with Crippen LogP contribution in [0, 0.1) is 0 Å². The maximum absolute atomic E-state index is 11.2. The molecule has 32 heavy (non-hydrogen) atoms. The predicted molar refractivity (Wildman–Crippen MR) is 114 cm³/mol. The summed E-state index contributed by atoms with van der Waals surface area (Å²) >= 11 is 0. The lowest BCUT2D eigenvalue weighted by Crippen LogP contribution is -2.33. The first-order valence-corrected chi connectivity index (χ1v) is 9.74. The fourth-order valence-corrected chi connectivity index (χ4v) is 3.32. The third-order valence-electron chi connectivity index (χ3n) is 5.11. The Kier molecular flexibility index (Phi) is 8.05. The predicted octanol–water partition coefficient (Wildman–Crippen LogP) is 2.36. The molecule has 0 bridgehead atoms. The molecule has 8 N–H and O–H groups in total. The highest BCUT2D eigenvalue weighted by Crippen LogP contribution is 2.26. The summed E-state index contributed by atoms with van der Waals surface area (Å²) in [6, 6.07) is 7.87. The van der Waals surface area contributed by atoms with Crippen LogP contribution in [0.3, 0.4) is 0 Å². The molecule has 2 aromatic rings. The summed E-state index contributed by atoms with van der Waals surface area (Å²) in [5.41, 5.74) is 10.0. The van der Waals surface area contributed by atoms with Crippen molar-refractivity contribution in [3.63, 3.8) is 0 Å². The average molecular weight is 444 g/mol. The summed E-state index contributed by atoms with van der Waals surface area (Å²) in [6.07, 6.45) is 4.50. The molecule has 0 aromatic heterocycles. The van der Waals surface area contributed by atoms with Gasteiger partial charge >= 0.3 is 23.9 Å². The fraction of sp³-hybridized carbons (Fsp3) is 0.273. The quantitative estimate of drug-likeness (QED) is 0.397. The molecule has 170 valence electrons. The molecule has 0 radical (unpaired) electrons. The molecule has 10 nitrogen and oxygen atoms in total. The lowest BCUT2D eigenvalue weighted by Gasteiger charge is -2.22. The summed E-state index contributed by atoms with van der Waals surface area (Å²) in [4.78, 5) is 44.4. The minimum atomic E-state index is -1.45. The Morgan fingerprint density at radius 1 is 0.562 bits per heavy atom. The van der Waals surface area contributed by atoms with E-state index in [0.29, 0.717) is 12.1 Å². The van der Waals surface area contributed by atoms with Crippen LogP contribution in [0.25, 0.3) is 11.1 Å². The molecule has 10 heteroatoms. The smallest absolute Gasteiger partial charge is 0.336 e. The van der Waals surface area contributed by atoms with Gasteiger partial charge in [-0.3, -0.25) is 0 Å². The van der Waals surface area contributed by atoms with Crippen LogP contribution < -0.4 is 11.5 Å². The van der Waals surface area contributed by atoms with Crippen molar-refractivity contribution in [3.05, 3.63) is 58.7 Å². The van der Waals surface area contributed by atoms with E-state index in [1.54, 1.807) is 0 Å². The lowest BCUT2D eigenvalue weighted by atomic mass is 9.93. The Morgan fingerprint density at radius 3 is 1.09 bits per heavy atom. The van der Waals surface area contributed by atoms with Gasteiger partial charge in [-0.2, -0.15) is 0 Å². The Bertz CT molecular complexity index is 959. The zero-order valence-electron chi connectivity index (χ0n) is 17.0. The van der Waals surface area contributed by atoms with Crippen molar-refractivity contribution in [2.45, 2.75) is 37.8 Å². The first-order valence-electron chi connectivity index (χ1n) is 9.74. The van der Waals surface area contributed by atoms with Crippen LogP contribution in [0.4, 0.5) is 0 Å². The molecule has 0 atom stereocenters. The molecule has 3 rings (SSSR count). The van der Waals surface area contributed by atoms with Crippen molar-refractivity contribution in [1.29, 1.82) is 0 Å². The number of aromatic carboxylic acids is 4. The molecule has 1 aliphatic carbocycles. The third kappa shape index (κ3) is 6.13. The molecule has 0 saturated heterocycles. The Morgan fingerprint density at radius 2 is 0.844 bits per heavy atom. The van der Waals surface area contributed by atoms with Crippen molar-refractivity contribution in [1.82, 2.24) is 0 Å². The highest BCUT2D eigenvalue weighted by Gasteiger charge is 2.20. The molecular weight excluding hydrogens is 420 g/mol. The zero-order chi connectivity index (χ0) is 24.0. The molecule has 0 aliphatic heterocycles. The van der Waals surface area contributed by atoms with Crippen LogP contribution in [0.1, 0.15) is 67.1 Å². The highest BCUT2D eigenvalue weighted by molar-refractivity contribution is 6.04. The molecule has 1 aliphatic rings. The van der Waals surface area contributed by atoms with Crippen LogP contribution in [0.2, 0.25) is 0 Å². The van der Waals surface area contributed by atoms with Crippen molar-refractivity contribution < 1.29 is 39.6 Å². The number of hydrogen-bond acceptors (Lipinski definition) is 6. The second-order valence-corrected chi connectivity index (χ2v) is 7.42. The monoisotopic (exact) mass is 444 g/mol. The van der Waals surface area contributed by atoms with Gasteiger partial charge < -0.3 is 31.9 Å². The van der Waals surface area contributed by atoms with Gasteiger partial charge in [0.15, 0.2) is 0 Å². The molecule has 0 heterocycles. The van der Waals surface area contributed by atoms with E-state index in [4.69, 9.17) is 31.9 Å². The maximum Gasteiger partial charge on any atom is 0.336 e. The summed E-state index contributed by atoms with van der Waals surface area (Å²) in [5.74, 6) is -5.72. The van der Waals surface area contributed by atoms with E-state index in [9.17, 15) is 19.2 Å². The van der Waals surface area contributed by atoms with E-state index in [0.717, 1.165) is 49.9 Å². The summed E-state index contributed by atoms with van der Waals surface area (Å²) < 4.78 is 0. The SMILES string of the molecule is NC1CCC(N)CC1.O=C(O)c1ccc(-c2ccc(C(=O)O)c(C(=O)O)c2)cc1C(=O)O. The fourth-order valence-electron chi connectivity index (χ4n) is 3.32. The third-order valence-corrected chi connectivity index (χ3v) is 5.11. The van der Waals surface area contributed by atoms with Gasteiger partial charge in [-0.05, 0) is 61.1 Å². The van der Waals surface area contributed by atoms with Gasteiger partial charge in [0.1, 0.15) is 0 Å². The van der Waals surface area contributed by atoms with Gasteiger partial charge in [0.2, 0.25) is 0 Å². The Balaban J connectivity index is 0.000000380. The van der Waals surface area contributed by atoms with E-state index >= 15 is 0 Å². The topological polar surface area (TPSA) is 201 Å². The van der Waals surface area contributed by atoms with Crippen molar-refractivity contribution in [3.8, 4) is 11.1 Å². The average Bonchev–Trinajstić information content (AvgIpc) is 2.75. The van der Waals surface area contributed by atoms with Crippen LogP contribution in [0.15, 0.2) is 36.4 Å². The van der Waals surface area contributed by atoms with Gasteiger partial charge in [0, 0.05) is 12.1 Å². The number of nitrogens with two attached hydrogens (primary N) is 2. The van der Waals surface area contributed by atoms with E-state index in [-0.39, 0.29) is 11.1 Å². The molecule has 1 fully saturated rings. The van der Waals surface area contributed by atoms with E-state index in [2.05, 4.69) is 0 Å². The minimum Gasteiger partial charge on any atom is -0.478 e. The Labute approximate surface area is 183 Å². The number of benzene rings is 2. The van der Waals surface area contributed by atoms with Gasteiger partial charge in [0.25, 0.3) is 0 Å². The van der Waals surface area contributed by atoms with Gasteiger partial charge in [-0.25, -0.2) is 19.2 Å². The second kappa shape index (κ2) is 10.5. The van der Waals surface area contributed by atoms with Crippen molar-refractivity contribution in [2.75, 3.05) is 0 Å². The molecule has 0 amide bonds. The normalized spacial score (nSPS) is 17.6. The van der Waals surface area contributed by atoms with Crippen molar-refractivity contribution >= 4 is 23.9 Å². The molecule has 1 saturated carbocycles. The second-order valence-electron chi connectivity index (χ2n) is 7.42. The molecule has 0 spiro atoms. The molecule has 0 unspecified atom stereocenters. The summed E-state index contributed by atoms with van der Waals surface area (Å²) in [5, 5.41) is 36.2. The van der Waals surface area contributed by atoms with E-state index in [1.807, 2.05) is 0 Å². The summed E-state index contributed by atoms with van der Waals surface area (Å²) in [7, 11) is 0. The van der Waals surface area contributed by atoms with Crippen LogP contribution in [-0.2, 0) is 0 Å². The highest BCUT2D eigenvalue weighted by atomic mass is 16.4.